The van der Waals surface area contributed by atoms with Gasteiger partial charge >= 0.3 is 0 Å². The molecule has 0 amide bonds. The zero-order valence-electron chi connectivity index (χ0n) is 10.6. The Balaban J connectivity index is 2.03. The average Bonchev–Trinajstić information content (AvgIpc) is 3.01. The van der Waals surface area contributed by atoms with Gasteiger partial charge in [0.2, 0.25) is 6.29 Å². The van der Waals surface area contributed by atoms with E-state index in [-0.39, 0.29) is 0 Å². The van der Waals surface area contributed by atoms with Crippen molar-refractivity contribution in [2.24, 2.45) is 0 Å². The van der Waals surface area contributed by atoms with Crippen molar-refractivity contribution in [3.63, 3.8) is 0 Å². The van der Waals surface area contributed by atoms with Crippen molar-refractivity contribution in [1.82, 2.24) is 15.0 Å². The van der Waals surface area contributed by atoms with Gasteiger partial charge in [0.05, 0.1) is 12.7 Å². The van der Waals surface area contributed by atoms with E-state index in [0.29, 0.717) is 13.2 Å². The van der Waals surface area contributed by atoms with Crippen LogP contribution in [0.15, 0.2) is 23.7 Å². The molecule has 0 aliphatic carbocycles. The van der Waals surface area contributed by atoms with E-state index in [2.05, 4.69) is 21.8 Å². The largest absolute Gasteiger partial charge is 0.347 e. The van der Waals surface area contributed by atoms with Gasteiger partial charge in [-0.1, -0.05) is 11.3 Å². The van der Waals surface area contributed by atoms with Crippen molar-refractivity contribution in [2.45, 2.75) is 26.7 Å². The molecule has 0 radical (unpaired) electrons. The third-order valence-corrected chi connectivity index (χ3v) is 3.19. The van der Waals surface area contributed by atoms with E-state index in [1.807, 2.05) is 26.1 Å². The third kappa shape index (κ3) is 3.38. The molecule has 2 rings (SSSR count). The van der Waals surface area contributed by atoms with E-state index in [1.54, 1.807) is 16.0 Å². The number of rotatable bonds is 7. The summed E-state index contributed by atoms with van der Waals surface area (Å²) < 4.78 is 12.8. The van der Waals surface area contributed by atoms with Crippen molar-refractivity contribution in [1.29, 1.82) is 0 Å². The second-order valence-electron chi connectivity index (χ2n) is 3.66. The third-order valence-electron chi connectivity index (χ3n) is 2.33. The van der Waals surface area contributed by atoms with Crippen LogP contribution in [0.3, 0.4) is 0 Å². The van der Waals surface area contributed by atoms with Gasteiger partial charge in [-0.2, -0.15) is 0 Å². The highest BCUT2D eigenvalue weighted by atomic mass is 32.1. The quantitative estimate of drug-likeness (QED) is 0.723. The molecular weight excluding hydrogens is 250 g/mol. The number of ether oxygens (including phenoxy) is 2. The van der Waals surface area contributed by atoms with Crippen LogP contribution in [0.25, 0.3) is 0 Å². The molecule has 0 aliphatic heterocycles. The summed E-state index contributed by atoms with van der Waals surface area (Å²) in [6.45, 7) is 5.77. The minimum absolute atomic E-state index is 0.419. The molecule has 0 atom stereocenters. The SMILES string of the molecule is CCOC(OCC)c1cn(Cc2cccs2)nn1. The predicted molar refractivity (Wildman–Crippen MR) is 69.4 cm³/mol. The lowest BCUT2D eigenvalue weighted by Gasteiger charge is -2.13. The van der Waals surface area contributed by atoms with Gasteiger partial charge < -0.3 is 9.47 Å². The zero-order valence-corrected chi connectivity index (χ0v) is 11.4. The molecule has 98 valence electrons. The molecular formula is C12H17N3O2S. The lowest BCUT2D eigenvalue weighted by Crippen LogP contribution is -2.09. The lowest BCUT2D eigenvalue weighted by atomic mass is 10.4. The van der Waals surface area contributed by atoms with Crippen molar-refractivity contribution in [3.8, 4) is 0 Å². The molecule has 0 aliphatic rings. The Morgan fingerprint density at radius 3 is 2.72 bits per heavy atom. The highest BCUT2D eigenvalue weighted by Crippen LogP contribution is 2.17. The van der Waals surface area contributed by atoms with Crippen LogP contribution in [0.2, 0.25) is 0 Å². The van der Waals surface area contributed by atoms with Crippen LogP contribution in [0.4, 0.5) is 0 Å². The first-order valence-electron chi connectivity index (χ1n) is 5.99. The first-order valence-corrected chi connectivity index (χ1v) is 6.87. The summed E-state index contributed by atoms with van der Waals surface area (Å²) in [6, 6.07) is 4.11. The average molecular weight is 267 g/mol. The predicted octanol–water partition coefficient (Wildman–Crippen LogP) is 2.46. The first kappa shape index (κ1) is 13.2. The Labute approximate surface area is 110 Å². The van der Waals surface area contributed by atoms with Gasteiger partial charge in [0.25, 0.3) is 0 Å². The fourth-order valence-electron chi connectivity index (χ4n) is 1.58. The van der Waals surface area contributed by atoms with Gasteiger partial charge in [-0.05, 0) is 25.3 Å². The molecule has 0 fully saturated rings. The topological polar surface area (TPSA) is 49.2 Å². The number of thiophene rings is 1. The minimum Gasteiger partial charge on any atom is -0.347 e. The number of hydrogen-bond acceptors (Lipinski definition) is 5. The van der Waals surface area contributed by atoms with Crippen LogP contribution >= 0.6 is 11.3 Å². The molecule has 0 saturated heterocycles. The summed E-state index contributed by atoms with van der Waals surface area (Å²) in [7, 11) is 0. The molecule has 0 unspecified atom stereocenters. The van der Waals surface area contributed by atoms with E-state index in [1.165, 1.54) is 4.88 Å². The Morgan fingerprint density at radius 1 is 1.33 bits per heavy atom. The van der Waals surface area contributed by atoms with Gasteiger partial charge in [0.15, 0.2) is 0 Å². The van der Waals surface area contributed by atoms with Crippen molar-refractivity contribution >= 4 is 11.3 Å². The Bertz CT molecular complexity index is 450. The molecule has 0 N–H and O–H groups in total. The summed E-state index contributed by atoms with van der Waals surface area (Å²) in [4.78, 5) is 1.25. The molecule has 2 aromatic heterocycles. The highest BCUT2D eigenvalue weighted by Gasteiger charge is 2.15. The summed E-state index contributed by atoms with van der Waals surface area (Å²) in [5.41, 5.74) is 0.718. The summed E-state index contributed by atoms with van der Waals surface area (Å²) in [5.74, 6) is 0. The highest BCUT2D eigenvalue weighted by molar-refractivity contribution is 7.09. The van der Waals surface area contributed by atoms with E-state index in [9.17, 15) is 0 Å². The van der Waals surface area contributed by atoms with Crippen LogP contribution in [-0.4, -0.2) is 28.2 Å². The lowest BCUT2D eigenvalue weighted by molar-refractivity contribution is -0.142. The second kappa shape index (κ2) is 6.63. The van der Waals surface area contributed by atoms with Crippen molar-refractivity contribution in [3.05, 3.63) is 34.3 Å². The molecule has 0 spiro atoms. The Hall–Kier alpha value is -1.24. The maximum atomic E-state index is 5.48. The Morgan fingerprint density at radius 2 is 2.11 bits per heavy atom. The monoisotopic (exact) mass is 267 g/mol. The van der Waals surface area contributed by atoms with Crippen LogP contribution in [-0.2, 0) is 16.0 Å². The molecule has 2 aromatic rings. The zero-order chi connectivity index (χ0) is 12.8. The van der Waals surface area contributed by atoms with Crippen LogP contribution in [0.1, 0.15) is 30.7 Å². The molecule has 2 heterocycles. The van der Waals surface area contributed by atoms with Crippen LogP contribution < -0.4 is 0 Å². The normalized spacial score (nSPS) is 11.3. The van der Waals surface area contributed by atoms with Gasteiger partial charge in [0, 0.05) is 18.1 Å². The number of nitrogens with zero attached hydrogens (tertiary/aromatic N) is 3. The van der Waals surface area contributed by atoms with Crippen LogP contribution in [0.5, 0.6) is 0 Å². The van der Waals surface area contributed by atoms with Gasteiger partial charge in [-0.15, -0.1) is 16.4 Å². The first-order chi connectivity index (χ1) is 8.83. The summed E-state index contributed by atoms with van der Waals surface area (Å²) in [5, 5.41) is 10.2. The second-order valence-corrected chi connectivity index (χ2v) is 4.70. The van der Waals surface area contributed by atoms with Gasteiger partial charge in [-0.25, -0.2) is 4.68 Å². The van der Waals surface area contributed by atoms with E-state index >= 15 is 0 Å². The smallest absolute Gasteiger partial charge is 0.204 e. The summed E-state index contributed by atoms with van der Waals surface area (Å²) >= 11 is 1.70. The van der Waals surface area contributed by atoms with E-state index in [0.717, 1.165) is 12.2 Å². The maximum Gasteiger partial charge on any atom is 0.204 e. The number of hydrogen-bond donors (Lipinski definition) is 0. The molecule has 0 aromatic carbocycles. The standard InChI is InChI=1S/C12H17N3O2S/c1-3-16-12(17-4-2)11-9-15(14-13-11)8-10-6-5-7-18-10/h5-7,9,12H,3-4,8H2,1-2H3. The fraction of sp³-hybridized carbons (Fsp3) is 0.500. The molecule has 0 bridgehead atoms. The minimum atomic E-state index is -0.419. The van der Waals surface area contributed by atoms with Crippen molar-refractivity contribution in [2.75, 3.05) is 13.2 Å². The fourth-order valence-corrected chi connectivity index (χ4v) is 2.28. The van der Waals surface area contributed by atoms with E-state index in [4.69, 9.17) is 9.47 Å². The molecule has 6 heteroatoms. The number of aromatic nitrogens is 3. The van der Waals surface area contributed by atoms with E-state index < -0.39 is 6.29 Å². The Kier molecular flexibility index (Phi) is 4.86. The van der Waals surface area contributed by atoms with Gasteiger partial charge in [-0.3, -0.25) is 0 Å². The van der Waals surface area contributed by atoms with Gasteiger partial charge in [0.1, 0.15) is 5.69 Å². The summed E-state index contributed by atoms with van der Waals surface area (Å²) in [6.07, 6.45) is 1.45. The molecule has 18 heavy (non-hydrogen) atoms. The van der Waals surface area contributed by atoms with Crippen molar-refractivity contribution < 1.29 is 9.47 Å². The maximum absolute atomic E-state index is 5.48. The van der Waals surface area contributed by atoms with Crippen LogP contribution in [0, 0.1) is 0 Å². The molecule has 5 nitrogen and oxygen atoms in total. The molecule has 0 saturated carbocycles.